The second-order valence-electron chi connectivity index (χ2n) is 4.53. The number of aromatic amines is 1. The van der Waals surface area contributed by atoms with Crippen molar-refractivity contribution in [3.8, 4) is 0 Å². The average Bonchev–Trinajstić information content (AvgIpc) is 2.97. The predicted octanol–water partition coefficient (Wildman–Crippen LogP) is 4.92. The SMILES string of the molecule is CC(C1=CC=CC1)c1c[nH]c2ccc(Br)cc12. The van der Waals surface area contributed by atoms with E-state index in [2.05, 4.69) is 70.5 Å². The van der Waals surface area contributed by atoms with Gasteiger partial charge in [0.05, 0.1) is 0 Å². The molecule has 1 unspecified atom stereocenters. The molecule has 0 amide bonds. The smallest absolute Gasteiger partial charge is 0.0457 e. The Labute approximate surface area is 109 Å². The number of aromatic nitrogens is 1. The Hall–Kier alpha value is -1.28. The Balaban J connectivity index is 2.08. The summed E-state index contributed by atoms with van der Waals surface area (Å²) in [4.78, 5) is 3.35. The lowest BCUT2D eigenvalue weighted by Crippen LogP contribution is -1.95. The average molecular weight is 288 g/mol. The number of H-pyrrole nitrogens is 1. The molecule has 0 spiro atoms. The second-order valence-corrected chi connectivity index (χ2v) is 5.45. The first-order chi connectivity index (χ1) is 8.25. The van der Waals surface area contributed by atoms with Crippen molar-refractivity contribution >= 4 is 26.8 Å². The fourth-order valence-electron chi connectivity index (χ4n) is 2.46. The summed E-state index contributed by atoms with van der Waals surface area (Å²) in [6.45, 7) is 2.28. The van der Waals surface area contributed by atoms with Gasteiger partial charge in [-0.05, 0) is 30.2 Å². The van der Waals surface area contributed by atoms with Crippen LogP contribution in [0.1, 0.15) is 24.8 Å². The highest BCUT2D eigenvalue weighted by molar-refractivity contribution is 9.10. The number of nitrogens with one attached hydrogen (secondary N) is 1. The Morgan fingerprint density at radius 1 is 1.35 bits per heavy atom. The molecule has 0 bridgehead atoms. The van der Waals surface area contributed by atoms with Gasteiger partial charge < -0.3 is 4.98 Å². The molecule has 2 heteroatoms. The highest BCUT2D eigenvalue weighted by Crippen LogP contribution is 2.34. The lowest BCUT2D eigenvalue weighted by atomic mass is 9.92. The van der Waals surface area contributed by atoms with E-state index in [4.69, 9.17) is 0 Å². The number of rotatable bonds is 2. The molecule has 1 N–H and O–H groups in total. The first kappa shape index (κ1) is 10.8. The number of benzene rings is 1. The summed E-state index contributed by atoms with van der Waals surface area (Å²) in [5.41, 5.74) is 4.09. The van der Waals surface area contributed by atoms with E-state index in [-0.39, 0.29) is 0 Å². The molecule has 2 aromatic rings. The summed E-state index contributed by atoms with van der Waals surface area (Å²) < 4.78 is 1.14. The van der Waals surface area contributed by atoms with Crippen molar-refractivity contribution < 1.29 is 0 Å². The molecule has 0 fully saturated rings. The van der Waals surface area contributed by atoms with Crippen LogP contribution in [0, 0.1) is 0 Å². The molecule has 0 aliphatic heterocycles. The molecule has 1 aromatic heterocycles. The predicted molar refractivity (Wildman–Crippen MR) is 76.3 cm³/mol. The van der Waals surface area contributed by atoms with Gasteiger partial charge in [0.25, 0.3) is 0 Å². The van der Waals surface area contributed by atoms with Crippen LogP contribution in [0.15, 0.2) is 52.7 Å². The second kappa shape index (κ2) is 4.19. The Morgan fingerprint density at radius 2 is 2.24 bits per heavy atom. The third-order valence-corrected chi connectivity index (χ3v) is 3.99. The van der Waals surface area contributed by atoms with E-state index in [1.165, 1.54) is 22.0 Å². The van der Waals surface area contributed by atoms with Crippen molar-refractivity contribution in [3.63, 3.8) is 0 Å². The Morgan fingerprint density at radius 3 is 3.00 bits per heavy atom. The van der Waals surface area contributed by atoms with Crippen molar-refractivity contribution in [1.82, 2.24) is 4.98 Å². The van der Waals surface area contributed by atoms with Crippen LogP contribution in [-0.4, -0.2) is 4.98 Å². The zero-order chi connectivity index (χ0) is 11.8. The summed E-state index contributed by atoms with van der Waals surface area (Å²) in [7, 11) is 0. The van der Waals surface area contributed by atoms with Gasteiger partial charge in [-0.3, -0.25) is 0 Å². The van der Waals surface area contributed by atoms with Crippen molar-refractivity contribution in [2.75, 3.05) is 0 Å². The molecule has 1 aliphatic carbocycles. The van der Waals surface area contributed by atoms with Gasteiger partial charge in [0.2, 0.25) is 0 Å². The minimum Gasteiger partial charge on any atom is -0.361 e. The van der Waals surface area contributed by atoms with Crippen LogP contribution in [0.25, 0.3) is 10.9 Å². The molecule has 1 heterocycles. The minimum absolute atomic E-state index is 0.480. The summed E-state index contributed by atoms with van der Waals surface area (Å²) in [6, 6.07) is 6.39. The minimum atomic E-state index is 0.480. The third kappa shape index (κ3) is 1.87. The maximum Gasteiger partial charge on any atom is 0.0457 e. The Bertz CT molecular complexity index is 619. The van der Waals surface area contributed by atoms with E-state index in [1.807, 2.05) is 0 Å². The zero-order valence-corrected chi connectivity index (χ0v) is 11.3. The highest BCUT2D eigenvalue weighted by Gasteiger charge is 2.15. The summed E-state index contributed by atoms with van der Waals surface area (Å²) in [5.74, 6) is 0.480. The van der Waals surface area contributed by atoms with Gasteiger partial charge in [0.15, 0.2) is 0 Å². The van der Waals surface area contributed by atoms with Crippen molar-refractivity contribution in [1.29, 1.82) is 0 Å². The van der Waals surface area contributed by atoms with E-state index < -0.39 is 0 Å². The van der Waals surface area contributed by atoms with Gasteiger partial charge in [-0.15, -0.1) is 0 Å². The summed E-state index contributed by atoms with van der Waals surface area (Å²) >= 11 is 3.54. The van der Waals surface area contributed by atoms with Crippen molar-refractivity contribution in [2.24, 2.45) is 0 Å². The first-order valence-corrected chi connectivity index (χ1v) is 6.67. The number of halogens is 1. The molecule has 0 saturated carbocycles. The maximum atomic E-state index is 3.54. The third-order valence-electron chi connectivity index (χ3n) is 3.50. The standard InChI is InChI=1S/C15H14BrN/c1-10(11-4-2-3-5-11)14-9-17-15-7-6-12(16)8-13(14)15/h2-4,6-10,17H,5H2,1H3. The molecule has 1 aliphatic rings. The Kier molecular flexibility index (Phi) is 2.67. The van der Waals surface area contributed by atoms with Crippen LogP contribution >= 0.6 is 15.9 Å². The normalized spacial score (nSPS) is 16.5. The maximum absolute atomic E-state index is 3.54. The fraction of sp³-hybridized carbons (Fsp3) is 0.200. The lowest BCUT2D eigenvalue weighted by molar-refractivity contribution is 0.878. The number of hydrogen-bond acceptors (Lipinski definition) is 0. The summed E-state index contributed by atoms with van der Waals surface area (Å²) in [5, 5.41) is 1.32. The molecule has 0 radical (unpaired) electrons. The van der Waals surface area contributed by atoms with Crippen LogP contribution in [0.2, 0.25) is 0 Å². The van der Waals surface area contributed by atoms with E-state index in [0.717, 1.165) is 10.9 Å². The van der Waals surface area contributed by atoms with E-state index in [0.29, 0.717) is 5.92 Å². The topological polar surface area (TPSA) is 15.8 Å². The van der Waals surface area contributed by atoms with E-state index in [1.54, 1.807) is 0 Å². The number of allylic oxidation sites excluding steroid dienone is 4. The quantitative estimate of drug-likeness (QED) is 0.807. The zero-order valence-electron chi connectivity index (χ0n) is 9.70. The first-order valence-electron chi connectivity index (χ1n) is 5.88. The van der Waals surface area contributed by atoms with Crippen molar-refractivity contribution in [2.45, 2.75) is 19.3 Å². The van der Waals surface area contributed by atoms with Gasteiger partial charge >= 0.3 is 0 Å². The summed E-state index contributed by atoms with van der Waals surface area (Å²) in [6.07, 6.45) is 9.83. The molecular weight excluding hydrogens is 274 g/mol. The highest BCUT2D eigenvalue weighted by atomic mass is 79.9. The van der Waals surface area contributed by atoms with Gasteiger partial charge in [-0.1, -0.05) is 46.7 Å². The molecule has 1 atom stereocenters. The van der Waals surface area contributed by atoms with Crippen LogP contribution in [0.3, 0.4) is 0 Å². The molecule has 1 nitrogen and oxygen atoms in total. The molecule has 0 saturated heterocycles. The fourth-order valence-corrected chi connectivity index (χ4v) is 2.82. The molecule has 86 valence electrons. The lowest BCUT2D eigenvalue weighted by Gasteiger charge is -2.12. The van der Waals surface area contributed by atoms with Crippen molar-refractivity contribution in [3.05, 3.63) is 58.2 Å². The molecule has 17 heavy (non-hydrogen) atoms. The molecular formula is C15H14BrN. The van der Waals surface area contributed by atoms with Crippen LogP contribution in [0.5, 0.6) is 0 Å². The molecule has 1 aromatic carbocycles. The van der Waals surface area contributed by atoms with Gasteiger partial charge in [0, 0.05) is 27.5 Å². The largest absolute Gasteiger partial charge is 0.361 e. The van der Waals surface area contributed by atoms with Crippen LogP contribution in [-0.2, 0) is 0 Å². The van der Waals surface area contributed by atoms with Gasteiger partial charge in [-0.25, -0.2) is 0 Å². The number of fused-ring (bicyclic) bond motifs is 1. The van der Waals surface area contributed by atoms with Gasteiger partial charge in [-0.2, -0.15) is 0 Å². The van der Waals surface area contributed by atoms with E-state index >= 15 is 0 Å². The van der Waals surface area contributed by atoms with Crippen LogP contribution in [0.4, 0.5) is 0 Å². The molecule has 3 rings (SSSR count). The number of hydrogen-bond donors (Lipinski definition) is 1. The van der Waals surface area contributed by atoms with Crippen LogP contribution < -0.4 is 0 Å². The van der Waals surface area contributed by atoms with E-state index in [9.17, 15) is 0 Å². The van der Waals surface area contributed by atoms with Gasteiger partial charge in [0.1, 0.15) is 0 Å². The monoisotopic (exact) mass is 287 g/mol.